The molecule has 0 bridgehead atoms. The first-order valence-corrected chi connectivity index (χ1v) is 11.4. The lowest BCUT2D eigenvalue weighted by Crippen LogP contribution is -2.21. The van der Waals surface area contributed by atoms with Crippen LogP contribution in [0.1, 0.15) is 39.4 Å². The van der Waals surface area contributed by atoms with Crippen LogP contribution < -0.4 is 28.4 Å². The number of allylic oxidation sites excluding steroid dienone is 1. The normalized spacial score (nSPS) is 17.0. The number of aromatic hydroxyl groups is 1. The van der Waals surface area contributed by atoms with Crippen LogP contribution in [0, 0.1) is 0 Å². The number of phenols is 1. The number of hydrogen-bond acceptors (Lipinski definition) is 9. The molecular weight excluding hydrogens is 480 g/mol. The number of Topliss-reactive ketones (excluding diaryl/α,β-unsaturated/α-hetero) is 1. The third kappa shape index (κ3) is 4.08. The maximum absolute atomic E-state index is 13.4. The lowest BCUT2D eigenvalue weighted by Gasteiger charge is -2.26. The Balaban J connectivity index is 1.60. The van der Waals surface area contributed by atoms with Crippen LogP contribution in [0.2, 0.25) is 0 Å². The molecule has 0 saturated carbocycles. The summed E-state index contributed by atoms with van der Waals surface area (Å²) in [7, 11) is 5.99. The van der Waals surface area contributed by atoms with E-state index in [-0.39, 0.29) is 23.7 Å². The van der Waals surface area contributed by atoms with E-state index in [1.165, 1.54) is 34.5 Å². The Morgan fingerprint density at radius 3 is 2.22 bits per heavy atom. The number of carbonyl (C=O) groups excluding carboxylic acids is 2. The average molecular weight is 504 g/mol. The van der Waals surface area contributed by atoms with Gasteiger partial charge in [0, 0.05) is 23.1 Å². The highest BCUT2D eigenvalue weighted by atomic mass is 16.5. The van der Waals surface area contributed by atoms with Crippen molar-refractivity contribution in [2.75, 3.05) is 28.4 Å². The molecule has 37 heavy (non-hydrogen) atoms. The van der Waals surface area contributed by atoms with Gasteiger partial charge in [-0.1, -0.05) is 6.07 Å². The van der Waals surface area contributed by atoms with Crippen molar-refractivity contribution in [2.45, 2.75) is 12.3 Å². The fourth-order valence-corrected chi connectivity index (χ4v) is 4.62. The maximum Gasteiger partial charge on any atom is 0.312 e. The average Bonchev–Trinajstić information content (AvgIpc) is 3.22. The molecule has 9 heteroatoms. The SMILES string of the molecule is COc1ccc([C@@H]2CC(=O)Oc3ccc4c(c32)O/C(=C/c2cc(OC)c(OC)cc2OC)C4=O)cc1O. The Labute approximate surface area is 212 Å². The van der Waals surface area contributed by atoms with Crippen molar-refractivity contribution in [2.24, 2.45) is 0 Å². The zero-order valence-corrected chi connectivity index (χ0v) is 20.6. The first-order chi connectivity index (χ1) is 17.9. The van der Waals surface area contributed by atoms with Crippen LogP contribution in [0.5, 0.6) is 40.2 Å². The number of carbonyl (C=O) groups is 2. The minimum absolute atomic E-state index is 0.00925. The fourth-order valence-electron chi connectivity index (χ4n) is 4.62. The van der Waals surface area contributed by atoms with E-state index in [1.807, 2.05) is 0 Å². The Kier molecular flexibility index (Phi) is 6.12. The largest absolute Gasteiger partial charge is 0.504 e. The first kappa shape index (κ1) is 24.1. The van der Waals surface area contributed by atoms with Crippen LogP contribution in [0.4, 0.5) is 0 Å². The summed E-state index contributed by atoms with van der Waals surface area (Å²) in [6, 6.07) is 11.4. The second-order valence-electron chi connectivity index (χ2n) is 8.41. The van der Waals surface area contributed by atoms with Crippen LogP contribution >= 0.6 is 0 Å². The molecule has 1 N–H and O–H groups in total. The summed E-state index contributed by atoms with van der Waals surface area (Å²) in [6.45, 7) is 0. The summed E-state index contributed by atoms with van der Waals surface area (Å²) in [4.78, 5) is 25.8. The molecule has 190 valence electrons. The zero-order chi connectivity index (χ0) is 26.3. The summed E-state index contributed by atoms with van der Waals surface area (Å²) in [5.41, 5.74) is 2.09. The van der Waals surface area contributed by atoms with Crippen molar-refractivity contribution in [1.82, 2.24) is 0 Å². The van der Waals surface area contributed by atoms with Crippen LogP contribution in [0.3, 0.4) is 0 Å². The molecule has 0 aliphatic carbocycles. The monoisotopic (exact) mass is 504 g/mol. The van der Waals surface area contributed by atoms with E-state index in [0.29, 0.717) is 56.8 Å². The van der Waals surface area contributed by atoms with Gasteiger partial charge in [-0.15, -0.1) is 0 Å². The second-order valence-corrected chi connectivity index (χ2v) is 8.41. The Hall–Kier alpha value is -4.66. The molecule has 0 unspecified atom stereocenters. The molecule has 1 atom stereocenters. The number of benzene rings is 3. The summed E-state index contributed by atoms with van der Waals surface area (Å²) in [6.07, 6.45) is 1.58. The lowest BCUT2D eigenvalue weighted by atomic mass is 9.84. The van der Waals surface area contributed by atoms with Crippen LogP contribution in [0.25, 0.3) is 6.08 Å². The summed E-state index contributed by atoms with van der Waals surface area (Å²) < 4.78 is 32.9. The highest BCUT2D eigenvalue weighted by molar-refractivity contribution is 6.15. The van der Waals surface area contributed by atoms with Crippen molar-refractivity contribution in [3.8, 4) is 40.2 Å². The first-order valence-electron chi connectivity index (χ1n) is 11.4. The second kappa shape index (κ2) is 9.42. The molecule has 3 aromatic rings. The van der Waals surface area contributed by atoms with Gasteiger partial charge in [-0.3, -0.25) is 9.59 Å². The van der Waals surface area contributed by atoms with Gasteiger partial charge in [0.05, 0.1) is 40.4 Å². The molecule has 3 aromatic carbocycles. The Morgan fingerprint density at radius 2 is 1.54 bits per heavy atom. The number of methoxy groups -OCH3 is 4. The third-order valence-corrected chi connectivity index (χ3v) is 6.41. The molecule has 0 aromatic heterocycles. The van der Waals surface area contributed by atoms with E-state index < -0.39 is 11.9 Å². The van der Waals surface area contributed by atoms with Crippen LogP contribution in [-0.2, 0) is 4.79 Å². The summed E-state index contributed by atoms with van der Waals surface area (Å²) >= 11 is 0. The number of esters is 1. The van der Waals surface area contributed by atoms with Gasteiger partial charge in [0.2, 0.25) is 5.78 Å². The third-order valence-electron chi connectivity index (χ3n) is 6.41. The number of hydrogen-bond donors (Lipinski definition) is 1. The fraction of sp³-hybridized carbons (Fsp3) is 0.214. The predicted octanol–water partition coefficient (Wildman–Crippen LogP) is 4.48. The number of ether oxygens (including phenoxy) is 6. The molecule has 0 spiro atoms. The topological polar surface area (TPSA) is 110 Å². The molecule has 2 aliphatic heterocycles. The molecule has 0 radical (unpaired) electrons. The predicted molar refractivity (Wildman–Crippen MR) is 132 cm³/mol. The van der Waals surface area contributed by atoms with Gasteiger partial charge >= 0.3 is 5.97 Å². The van der Waals surface area contributed by atoms with Gasteiger partial charge in [-0.2, -0.15) is 0 Å². The van der Waals surface area contributed by atoms with Crippen molar-refractivity contribution < 1.29 is 43.1 Å². The van der Waals surface area contributed by atoms with Gasteiger partial charge in [0.15, 0.2) is 28.8 Å². The summed E-state index contributed by atoms with van der Waals surface area (Å²) in [5.74, 6) is 1.05. The van der Waals surface area contributed by atoms with Gasteiger partial charge in [0.1, 0.15) is 17.2 Å². The number of rotatable bonds is 6. The van der Waals surface area contributed by atoms with E-state index in [4.69, 9.17) is 28.4 Å². The van der Waals surface area contributed by atoms with E-state index >= 15 is 0 Å². The highest BCUT2D eigenvalue weighted by Crippen LogP contribution is 2.50. The molecule has 2 aliphatic rings. The molecular formula is C28H24O9. The van der Waals surface area contributed by atoms with Crippen molar-refractivity contribution >= 4 is 17.8 Å². The molecule has 9 nitrogen and oxygen atoms in total. The minimum atomic E-state index is -0.509. The Morgan fingerprint density at radius 1 is 0.838 bits per heavy atom. The minimum Gasteiger partial charge on any atom is -0.504 e. The lowest BCUT2D eigenvalue weighted by molar-refractivity contribution is -0.135. The van der Waals surface area contributed by atoms with Crippen LogP contribution in [0.15, 0.2) is 48.2 Å². The van der Waals surface area contributed by atoms with E-state index in [1.54, 1.807) is 42.5 Å². The van der Waals surface area contributed by atoms with E-state index in [0.717, 1.165) is 0 Å². The zero-order valence-electron chi connectivity index (χ0n) is 20.6. The smallest absolute Gasteiger partial charge is 0.312 e. The number of fused-ring (bicyclic) bond motifs is 3. The molecule has 0 fully saturated rings. The molecule has 5 rings (SSSR count). The number of ketones is 1. The maximum atomic E-state index is 13.4. The van der Waals surface area contributed by atoms with Crippen molar-refractivity contribution in [1.29, 1.82) is 0 Å². The highest BCUT2D eigenvalue weighted by Gasteiger charge is 2.39. The Bertz CT molecular complexity index is 1450. The van der Waals surface area contributed by atoms with Crippen molar-refractivity contribution in [3.05, 3.63) is 70.5 Å². The molecule has 2 heterocycles. The van der Waals surface area contributed by atoms with Gasteiger partial charge in [-0.25, -0.2) is 0 Å². The van der Waals surface area contributed by atoms with Gasteiger partial charge < -0.3 is 33.5 Å². The van der Waals surface area contributed by atoms with Crippen LogP contribution in [-0.4, -0.2) is 45.3 Å². The molecule has 0 amide bonds. The van der Waals surface area contributed by atoms with Crippen molar-refractivity contribution in [3.63, 3.8) is 0 Å². The standard InChI is InChI=1S/C28H24O9/c1-32-19-7-5-14(9-18(19)29)17-12-25(30)36-20-8-6-16-27(31)24(37-28(16)26(17)20)11-15-10-22(34-3)23(35-4)13-21(15)33-2/h5-11,13,17,29H,12H2,1-4H3/b24-11+/t17-/m0/s1. The van der Waals surface area contributed by atoms with E-state index in [2.05, 4.69) is 0 Å². The van der Waals surface area contributed by atoms with Gasteiger partial charge in [-0.05, 0) is 42.0 Å². The number of phenolic OH excluding ortho intramolecular Hbond substituents is 1. The molecule has 0 saturated heterocycles. The quantitative estimate of drug-likeness (QED) is 0.295. The summed E-state index contributed by atoms with van der Waals surface area (Å²) in [5, 5.41) is 10.3. The van der Waals surface area contributed by atoms with Gasteiger partial charge in [0.25, 0.3) is 0 Å². The van der Waals surface area contributed by atoms with E-state index in [9.17, 15) is 14.7 Å².